The molecule has 0 atom stereocenters. The van der Waals surface area contributed by atoms with Gasteiger partial charge in [-0.2, -0.15) is 0 Å². The van der Waals surface area contributed by atoms with Crippen molar-refractivity contribution in [1.29, 1.82) is 0 Å². The number of likely N-dealkylation sites (N-methyl/N-ethyl adjacent to an activating group) is 1. The van der Waals surface area contributed by atoms with Gasteiger partial charge in [-0.05, 0) is 38.0 Å². The van der Waals surface area contributed by atoms with Crippen LogP contribution in [-0.2, 0) is 14.3 Å². The monoisotopic (exact) mass is 387 g/mol. The number of ether oxygens (including phenoxy) is 2. The number of hydrogen-bond donors (Lipinski definition) is 0. The van der Waals surface area contributed by atoms with Gasteiger partial charge in [0.25, 0.3) is 5.91 Å². The Balaban J connectivity index is 1.77. The average molecular weight is 388 g/mol. The number of carbonyl (C=O) groups excluding carboxylic acids is 2. The molecule has 1 amide bonds. The molecule has 0 unspecified atom stereocenters. The Kier molecular flexibility index (Phi) is 7.85. The standard InChI is InChI=1S/C18H23Cl2NO4/c1-2-21(14-6-4-3-5-7-14)17(22)11-25-18(23)12-24-16-9-8-13(19)10-15(16)20/h8-10,14H,2-7,11-12H2,1H3. The van der Waals surface area contributed by atoms with E-state index in [9.17, 15) is 9.59 Å². The van der Waals surface area contributed by atoms with E-state index in [-0.39, 0.29) is 25.2 Å². The van der Waals surface area contributed by atoms with E-state index in [1.165, 1.54) is 12.5 Å². The molecule has 1 aromatic carbocycles. The fourth-order valence-electron chi connectivity index (χ4n) is 3.03. The second-order valence-corrected chi connectivity index (χ2v) is 6.84. The van der Waals surface area contributed by atoms with E-state index in [1.54, 1.807) is 12.1 Å². The predicted molar refractivity (Wildman–Crippen MR) is 97.2 cm³/mol. The maximum absolute atomic E-state index is 12.3. The van der Waals surface area contributed by atoms with Gasteiger partial charge in [-0.15, -0.1) is 0 Å². The van der Waals surface area contributed by atoms with E-state index in [0.29, 0.717) is 22.3 Å². The molecule has 1 fully saturated rings. The van der Waals surface area contributed by atoms with Crippen molar-refractivity contribution >= 4 is 35.1 Å². The molecule has 138 valence electrons. The minimum absolute atomic E-state index is 0.160. The van der Waals surface area contributed by atoms with Gasteiger partial charge in [-0.25, -0.2) is 4.79 Å². The van der Waals surface area contributed by atoms with Gasteiger partial charge < -0.3 is 14.4 Å². The molecular formula is C18H23Cl2NO4. The molecule has 0 heterocycles. The Morgan fingerprint density at radius 1 is 1.16 bits per heavy atom. The Labute approximate surface area is 158 Å². The van der Waals surface area contributed by atoms with Crippen LogP contribution in [0.25, 0.3) is 0 Å². The van der Waals surface area contributed by atoms with Crippen LogP contribution >= 0.6 is 23.2 Å². The lowest BCUT2D eigenvalue weighted by Gasteiger charge is -2.33. The molecule has 2 rings (SSSR count). The zero-order valence-electron chi connectivity index (χ0n) is 14.3. The van der Waals surface area contributed by atoms with Crippen LogP contribution in [0.5, 0.6) is 5.75 Å². The van der Waals surface area contributed by atoms with Gasteiger partial charge in [0.2, 0.25) is 0 Å². The molecule has 1 saturated carbocycles. The van der Waals surface area contributed by atoms with Crippen molar-refractivity contribution in [3.63, 3.8) is 0 Å². The summed E-state index contributed by atoms with van der Waals surface area (Å²) in [5, 5.41) is 0.790. The summed E-state index contributed by atoms with van der Waals surface area (Å²) in [7, 11) is 0. The molecule has 5 nitrogen and oxygen atoms in total. The molecule has 0 saturated heterocycles. The van der Waals surface area contributed by atoms with Crippen LogP contribution in [0.15, 0.2) is 18.2 Å². The van der Waals surface area contributed by atoms with Crippen molar-refractivity contribution in [2.45, 2.75) is 45.1 Å². The van der Waals surface area contributed by atoms with Gasteiger partial charge >= 0.3 is 5.97 Å². The largest absolute Gasteiger partial charge is 0.480 e. The zero-order valence-corrected chi connectivity index (χ0v) is 15.8. The van der Waals surface area contributed by atoms with Crippen LogP contribution in [0.2, 0.25) is 10.0 Å². The molecule has 0 spiro atoms. The SMILES string of the molecule is CCN(C(=O)COC(=O)COc1ccc(Cl)cc1Cl)C1CCCCC1. The minimum Gasteiger partial charge on any atom is -0.480 e. The van der Waals surface area contributed by atoms with E-state index < -0.39 is 5.97 Å². The topological polar surface area (TPSA) is 55.8 Å². The van der Waals surface area contributed by atoms with Crippen molar-refractivity contribution in [1.82, 2.24) is 4.90 Å². The first-order chi connectivity index (χ1) is 12.0. The van der Waals surface area contributed by atoms with Crippen LogP contribution in [0.1, 0.15) is 39.0 Å². The lowest BCUT2D eigenvalue weighted by Crippen LogP contribution is -2.43. The van der Waals surface area contributed by atoms with Crippen LogP contribution in [0.3, 0.4) is 0 Å². The smallest absolute Gasteiger partial charge is 0.344 e. The number of hydrogen-bond acceptors (Lipinski definition) is 4. The number of carbonyl (C=O) groups is 2. The van der Waals surface area contributed by atoms with Gasteiger partial charge in [0.1, 0.15) is 5.75 Å². The average Bonchev–Trinajstić information content (AvgIpc) is 2.61. The fourth-order valence-corrected chi connectivity index (χ4v) is 3.49. The molecule has 7 heteroatoms. The molecule has 1 aliphatic carbocycles. The quantitative estimate of drug-likeness (QED) is 0.660. The van der Waals surface area contributed by atoms with Gasteiger partial charge in [0.15, 0.2) is 13.2 Å². The van der Waals surface area contributed by atoms with Gasteiger partial charge in [-0.3, -0.25) is 4.79 Å². The molecule has 0 aliphatic heterocycles. The minimum atomic E-state index is -0.612. The van der Waals surface area contributed by atoms with Crippen LogP contribution in [0, 0.1) is 0 Å². The van der Waals surface area contributed by atoms with Gasteiger partial charge in [0, 0.05) is 17.6 Å². The third-order valence-electron chi connectivity index (χ3n) is 4.27. The lowest BCUT2D eigenvalue weighted by atomic mass is 9.94. The molecule has 25 heavy (non-hydrogen) atoms. The molecular weight excluding hydrogens is 365 g/mol. The summed E-state index contributed by atoms with van der Waals surface area (Å²) in [5.41, 5.74) is 0. The molecule has 0 aromatic heterocycles. The summed E-state index contributed by atoms with van der Waals surface area (Å²) in [6, 6.07) is 4.97. The summed E-state index contributed by atoms with van der Waals surface area (Å²) in [6.45, 7) is 1.99. The van der Waals surface area contributed by atoms with Crippen molar-refractivity contribution < 1.29 is 19.1 Å². The normalized spacial score (nSPS) is 14.8. The number of rotatable bonds is 7. The first-order valence-corrected chi connectivity index (χ1v) is 9.29. The van der Waals surface area contributed by atoms with Crippen molar-refractivity contribution in [2.75, 3.05) is 19.8 Å². The summed E-state index contributed by atoms with van der Waals surface area (Å²) < 4.78 is 10.3. The summed E-state index contributed by atoms with van der Waals surface area (Å²) in [5.74, 6) is -0.432. The summed E-state index contributed by atoms with van der Waals surface area (Å²) in [4.78, 5) is 25.9. The van der Waals surface area contributed by atoms with E-state index >= 15 is 0 Å². The lowest BCUT2D eigenvalue weighted by molar-refractivity contribution is -0.154. The molecule has 0 N–H and O–H groups in total. The highest BCUT2D eigenvalue weighted by atomic mass is 35.5. The molecule has 0 bridgehead atoms. The Morgan fingerprint density at radius 2 is 1.88 bits per heavy atom. The molecule has 1 aromatic rings. The number of benzene rings is 1. The second kappa shape index (κ2) is 9.88. The van der Waals surface area contributed by atoms with Gasteiger partial charge in [0.05, 0.1) is 5.02 Å². The number of nitrogens with zero attached hydrogens (tertiary/aromatic N) is 1. The Hall–Kier alpha value is -1.46. The first kappa shape index (κ1) is 19.9. The van der Waals surface area contributed by atoms with Crippen LogP contribution < -0.4 is 4.74 Å². The fraction of sp³-hybridized carbons (Fsp3) is 0.556. The van der Waals surface area contributed by atoms with Crippen molar-refractivity contribution in [3.05, 3.63) is 28.2 Å². The highest BCUT2D eigenvalue weighted by Gasteiger charge is 2.24. The van der Waals surface area contributed by atoms with E-state index in [1.807, 2.05) is 11.8 Å². The third kappa shape index (κ3) is 6.08. The molecule has 1 aliphatic rings. The molecule has 0 radical (unpaired) electrons. The van der Waals surface area contributed by atoms with E-state index in [2.05, 4.69) is 0 Å². The van der Waals surface area contributed by atoms with Crippen molar-refractivity contribution in [2.24, 2.45) is 0 Å². The van der Waals surface area contributed by atoms with E-state index in [0.717, 1.165) is 25.7 Å². The third-order valence-corrected chi connectivity index (χ3v) is 4.80. The highest BCUT2D eigenvalue weighted by molar-refractivity contribution is 6.35. The number of esters is 1. The second-order valence-electron chi connectivity index (χ2n) is 6.00. The number of halogens is 2. The Bertz CT molecular complexity index is 603. The van der Waals surface area contributed by atoms with Crippen LogP contribution in [0.4, 0.5) is 0 Å². The van der Waals surface area contributed by atoms with Crippen LogP contribution in [-0.4, -0.2) is 42.6 Å². The van der Waals surface area contributed by atoms with E-state index in [4.69, 9.17) is 32.7 Å². The summed E-state index contributed by atoms with van der Waals surface area (Å²) >= 11 is 11.8. The van der Waals surface area contributed by atoms with Crippen molar-refractivity contribution in [3.8, 4) is 5.75 Å². The highest BCUT2D eigenvalue weighted by Crippen LogP contribution is 2.27. The van der Waals surface area contributed by atoms with Gasteiger partial charge in [-0.1, -0.05) is 42.5 Å². The maximum atomic E-state index is 12.3. The number of amides is 1. The zero-order chi connectivity index (χ0) is 18.2. The maximum Gasteiger partial charge on any atom is 0.344 e. The first-order valence-electron chi connectivity index (χ1n) is 8.54. The predicted octanol–water partition coefficient (Wildman–Crippen LogP) is 4.10. The summed E-state index contributed by atoms with van der Waals surface area (Å²) in [6.07, 6.45) is 5.55. The Morgan fingerprint density at radius 3 is 2.52 bits per heavy atom.